The van der Waals surface area contributed by atoms with Gasteiger partial charge in [0.25, 0.3) is 0 Å². The summed E-state index contributed by atoms with van der Waals surface area (Å²) >= 11 is 0. The van der Waals surface area contributed by atoms with Gasteiger partial charge in [-0.2, -0.15) is 0 Å². The summed E-state index contributed by atoms with van der Waals surface area (Å²) in [7, 11) is 1.64. The lowest BCUT2D eigenvalue weighted by Crippen LogP contribution is -2.50. The minimum Gasteiger partial charge on any atom is -0.496 e. The van der Waals surface area contributed by atoms with E-state index in [2.05, 4.69) is 13.8 Å². The number of aliphatic hydroxyl groups excluding tert-OH is 1. The van der Waals surface area contributed by atoms with E-state index < -0.39 is 0 Å². The summed E-state index contributed by atoms with van der Waals surface area (Å²) in [4.78, 5) is 18.7. The van der Waals surface area contributed by atoms with Gasteiger partial charge in [0.15, 0.2) is 0 Å². The summed E-state index contributed by atoms with van der Waals surface area (Å²) in [6, 6.07) is 4.03. The van der Waals surface area contributed by atoms with Crippen LogP contribution in [-0.2, 0) is 17.8 Å². The maximum atomic E-state index is 13.7. The average molecular weight is 396 g/mol. The monoisotopic (exact) mass is 395 g/mol. The van der Waals surface area contributed by atoms with E-state index in [-0.39, 0.29) is 17.6 Å². The maximum absolute atomic E-state index is 13.7. The highest BCUT2D eigenvalue weighted by Crippen LogP contribution is 2.60. The van der Waals surface area contributed by atoms with Crippen LogP contribution in [0.3, 0.4) is 0 Å². The number of Topliss-reactive ketones (excluding diaryl/α,β-unsaturated/α-hetero) is 1. The van der Waals surface area contributed by atoms with Crippen LogP contribution in [0.25, 0.3) is 0 Å². The summed E-state index contributed by atoms with van der Waals surface area (Å²) in [6.45, 7) is 4.20. The van der Waals surface area contributed by atoms with Crippen molar-refractivity contribution in [2.45, 2.75) is 77.4 Å². The minimum absolute atomic E-state index is 0.0734. The molecule has 4 aliphatic carbocycles. The highest BCUT2D eigenvalue weighted by Gasteiger charge is 2.54. The summed E-state index contributed by atoms with van der Waals surface area (Å²) in [5.41, 5.74) is 3.57. The van der Waals surface area contributed by atoms with Crippen LogP contribution in [0.2, 0.25) is 0 Å². The Balaban J connectivity index is 1.48. The number of ketones is 1. The number of hydrogen-bond acceptors (Lipinski definition) is 4. The van der Waals surface area contributed by atoms with Gasteiger partial charge in [-0.3, -0.25) is 9.79 Å². The van der Waals surface area contributed by atoms with E-state index in [0.717, 1.165) is 66.0 Å². The zero-order valence-corrected chi connectivity index (χ0v) is 18.0. The van der Waals surface area contributed by atoms with Crippen LogP contribution < -0.4 is 4.74 Å². The maximum Gasteiger partial charge on any atom is 0.145 e. The van der Waals surface area contributed by atoms with E-state index in [4.69, 9.17) is 9.73 Å². The van der Waals surface area contributed by atoms with Crippen LogP contribution in [0.15, 0.2) is 17.1 Å². The molecule has 4 bridgehead atoms. The van der Waals surface area contributed by atoms with Crippen LogP contribution in [0.5, 0.6) is 5.75 Å². The number of benzene rings is 1. The number of rotatable bonds is 5. The highest BCUT2D eigenvalue weighted by atomic mass is 16.5. The first-order chi connectivity index (χ1) is 13.8. The first kappa shape index (κ1) is 19.3. The van der Waals surface area contributed by atoms with E-state index in [1.54, 1.807) is 7.11 Å². The molecule has 6 rings (SSSR count). The van der Waals surface area contributed by atoms with Crippen molar-refractivity contribution < 1.29 is 14.6 Å². The molecule has 0 saturated heterocycles. The third-order valence-corrected chi connectivity index (χ3v) is 8.01. The molecule has 4 nitrogen and oxygen atoms in total. The van der Waals surface area contributed by atoms with Crippen molar-refractivity contribution in [2.75, 3.05) is 7.11 Å². The van der Waals surface area contributed by atoms with Gasteiger partial charge in [-0.15, -0.1) is 0 Å². The van der Waals surface area contributed by atoms with Gasteiger partial charge in [0.1, 0.15) is 11.5 Å². The Hall–Kier alpha value is -1.68. The first-order valence-electron chi connectivity index (χ1n) is 11.2. The Morgan fingerprint density at radius 2 is 1.76 bits per heavy atom. The fourth-order valence-corrected chi connectivity index (χ4v) is 7.25. The van der Waals surface area contributed by atoms with Crippen molar-refractivity contribution in [1.29, 1.82) is 0 Å². The van der Waals surface area contributed by atoms with Gasteiger partial charge in [0, 0.05) is 17.4 Å². The van der Waals surface area contributed by atoms with Crippen molar-refractivity contribution in [3.63, 3.8) is 0 Å². The van der Waals surface area contributed by atoms with Crippen LogP contribution in [0, 0.1) is 23.2 Å². The van der Waals surface area contributed by atoms with Gasteiger partial charge in [-0.25, -0.2) is 0 Å². The van der Waals surface area contributed by atoms with Crippen LogP contribution in [-0.4, -0.2) is 29.3 Å². The second kappa shape index (κ2) is 6.66. The predicted molar refractivity (Wildman–Crippen MR) is 113 cm³/mol. The number of ether oxygens (including phenoxy) is 1. The number of methoxy groups -OCH3 is 1. The molecule has 0 amide bonds. The van der Waals surface area contributed by atoms with Crippen LogP contribution in [0.1, 0.15) is 75.5 Å². The molecule has 0 spiro atoms. The number of carbonyl (C=O) groups is 1. The molecule has 1 aliphatic heterocycles. The Morgan fingerprint density at radius 1 is 1.14 bits per heavy atom. The molecule has 0 atom stereocenters. The number of carbonyl (C=O) groups excluding carboxylic acids is 1. The molecule has 156 valence electrons. The Bertz CT molecular complexity index is 847. The molecule has 29 heavy (non-hydrogen) atoms. The molecule has 0 unspecified atom stereocenters. The minimum atomic E-state index is -0.226. The molecular weight excluding hydrogens is 362 g/mol. The highest BCUT2D eigenvalue weighted by molar-refractivity contribution is 6.14. The molecular formula is C25H33NO3. The zero-order valence-electron chi connectivity index (χ0n) is 18.0. The van der Waals surface area contributed by atoms with E-state index in [9.17, 15) is 9.90 Å². The van der Waals surface area contributed by atoms with E-state index >= 15 is 0 Å². The van der Waals surface area contributed by atoms with Gasteiger partial charge in [0.05, 0.1) is 25.0 Å². The number of aliphatic imine (C=N–C) groups is 1. The zero-order chi connectivity index (χ0) is 20.4. The second-order valence-electron chi connectivity index (χ2n) is 10.8. The quantitative estimate of drug-likeness (QED) is 0.799. The van der Waals surface area contributed by atoms with Crippen molar-refractivity contribution >= 4 is 11.5 Å². The molecule has 4 heteroatoms. The van der Waals surface area contributed by atoms with Gasteiger partial charge in [0.2, 0.25) is 0 Å². The Labute approximate surface area is 173 Å². The van der Waals surface area contributed by atoms with Gasteiger partial charge >= 0.3 is 0 Å². The fourth-order valence-electron chi connectivity index (χ4n) is 7.25. The summed E-state index contributed by atoms with van der Waals surface area (Å²) in [6.07, 6.45) is 8.61. The number of nitrogens with zero attached hydrogens (tertiary/aromatic N) is 1. The second-order valence-corrected chi connectivity index (χ2v) is 10.8. The standard InChI is InChI=1S/C25H33NO3/c1-24(2)13-18-8-22(29-3)19(14-27)7-20(18)21(26-24)9-23(28)25-10-15-4-16(11-25)6-17(5-15)12-25/h7-8,15-17,27H,4-6,9-14H2,1-3H3. The third-order valence-electron chi connectivity index (χ3n) is 8.01. The van der Waals surface area contributed by atoms with Gasteiger partial charge in [-0.05, 0) is 99.8 Å². The molecule has 4 fully saturated rings. The lowest BCUT2D eigenvalue weighted by Gasteiger charge is -2.56. The largest absolute Gasteiger partial charge is 0.496 e. The number of fused-ring (bicyclic) bond motifs is 1. The van der Waals surface area contributed by atoms with E-state index in [0.29, 0.717) is 12.2 Å². The smallest absolute Gasteiger partial charge is 0.145 e. The topological polar surface area (TPSA) is 58.9 Å². The van der Waals surface area contributed by atoms with Crippen LogP contribution in [0.4, 0.5) is 0 Å². The molecule has 1 aromatic carbocycles. The normalized spacial score (nSPS) is 33.9. The van der Waals surface area contributed by atoms with Crippen molar-refractivity contribution in [3.05, 3.63) is 28.8 Å². The summed E-state index contributed by atoms with van der Waals surface area (Å²) in [5.74, 6) is 3.45. The molecule has 1 heterocycles. The van der Waals surface area contributed by atoms with E-state index in [1.807, 2.05) is 12.1 Å². The van der Waals surface area contributed by atoms with Crippen LogP contribution >= 0.6 is 0 Å². The Morgan fingerprint density at radius 3 is 2.31 bits per heavy atom. The molecule has 0 aromatic heterocycles. The van der Waals surface area contributed by atoms with E-state index in [1.165, 1.54) is 24.8 Å². The van der Waals surface area contributed by atoms with Crippen molar-refractivity contribution in [2.24, 2.45) is 28.2 Å². The average Bonchev–Trinajstić information content (AvgIpc) is 2.65. The Kier molecular flexibility index (Phi) is 4.43. The van der Waals surface area contributed by atoms with Crippen molar-refractivity contribution in [1.82, 2.24) is 0 Å². The molecule has 1 aromatic rings. The first-order valence-corrected chi connectivity index (χ1v) is 11.2. The van der Waals surface area contributed by atoms with Gasteiger partial charge in [-0.1, -0.05) is 0 Å². The number of aliphatic hydroxyl groups is 1. The van der Waals surface area contributed by atoms with Crippen molar-refractivity contribution in [3.8, 4) is 5.75 Å². The lowest BCUT2D eigenvalue weighted by molar-refractivity contribution is -0.142. The lowest BCUT2D eigenvalue weighted by atomic mass is 9.48. The summed E-state index contributed by atoms with van der Waals surface area (Å²) in [5, 5.41) is 9.79. The molecule has 0 radical (unpaired) electrons. The molecule has 5 aliphatic rings. The molecule has 4 saturated carbocycles. The molecule has 1 N–H and O–H groups in total. The summed E-state index contributed by atoms with van der Waals surface area (Å²) < 4.78 is 5.48. The third kappa shape index (κ3) is 3.24. The SMILES string of the molecule is COc1cc2c(cc1CO)C(CC(=O)C13CC4CC(CC(C4)C1)C3)=NC(C)(C)C2. The fraction of sp³-hybridized carbons (Fsp3) is 0.680. The number of hydrogen-bond donors (Lipinski definition) is 1. The van der Waals surface area contributed by atoms with Gasteiger partial charge < -0.3 is 9.84 Å². The predicted octanol–water partition coefficient (Wildman–Crippen LogP) is 4.49.